The zero-order valence-electron chi connectivity index (χ0n) is 11.6. The van der Waals surface area contributed by atoms with E-state index in [0.29, 0.717) is 6.42 Å². The number of benzene rings is 1. The lowest BCUT2D eigenvalue weighted by molar-refractivity contribution is -0.114. The molecule has 0 radical (unpaired) electrons. The normalized spacial score (nSPS) is 22.2. The van der Waals surface area contributed by atoms with E-state index in [1.54, 1.807) is 0 Å². The molecule has 1 amide bonds. The molecule has 1 aromatic carbocycles. The van der Waals surface area contributed by atoms with E-state index >= 15 is 0 Å². The molecule has 4 N–H and O–H groups in total. The first kappa shape index (κ1) is 15.9. The standard InChI is InChI=1S/C13H18FN3O3S/c1-8(18)16-9-5-6-13(10(14)7-9)21(19,20)17-12-4-2-3-11(12)15/h5-7,11-12,17H,2-4,15H2,1H3,(H,16,18). The first-order valence-electron chi connectivity index (χ1n) is 6.64. The maximum atomic E-state index is 14.0. The molecule has 2 rings (SSSR count). The van der Waals surface area contributed by atoms with E-state index in [9.17, 15) is 17.6 Å². The fourth-order valence-electron chi connectivity index (χ4n) is 2.40. The number of carbonyl (C=O) groups excluding carboxylic acids is 1. The lowest BCUT2D eigenvalue weighted by atomic mass is 10.2. The number of nitrogens with two attached hydrogens (primary N) is 1. The molecule has 1 aliphatic carbocycles. The summed E-state index contributed by atoms with van der Waals surface area (Å²) < 4.78 is 40.8. The predicted molar refractivity (Wildman–Crippen MR) is 76.6 cm³/mol. The highest BCUT2D eigenvalue weighted by Crippen LogP contribution is 2.22. The Morgan fingerprint density at radius 1 is 1.38 bits per heavy atom. The van der Waals surface area contributed by atoms with Crippen molar-refractivity contribution in [1.29, 1.82) is 0 Å². The van der Waals surface area contributed by atoms with E-state index < -0.39 is 20.7 Å². The Labute approximate surface area is 123 Å². The van der Waals surface area contributed by atoms with Crippen LogP contribution in [0.2, 0.25) is 0 Å². The summed E-state index contributed by atoms with van der Waals surface area (Å²) in [7, 11) is -3.97. The van der Waals surface area contributed by atoms with Crippen molar-refractivity contribution < 1.29 is 17.6 Å². The van der Waals surface area contributed by atoms with Gasteiger partial charge in [-0.3, -0.25) is 4.79 Å². The van der Waals surface area contributed by atoms with Crippen LogP contribution in [0.3, 0.4) is 0 Å². The minimum absolute atomic E-state index is 0.205. The van der Waals surface area contributed by atoms with E-state index in [2.05, 4.69) is 10.0 Å². The van der Waals surface area contributed by atoms with Crippen molar-refractivity contribution in [1.82, 2.24) is 4.72 Å². The summed E-state index contributed by atoms with van der Waals surface area (Å²) in [5.41, 5.74) is 6.02. The fraction of sp³-hybridized carbons (Fsp3) is 0.462. The van der Waals surface area contributed by atoms with Crippen molar-refractivity contribution in [3.05, 3.63) is 24.0 Å². The van der Waals surface area contributed by atoms with Gasteiger partial charge in [-0.2, -0.15) is 0 Å². The van der Waals surface area contributed by atoms with Crippen molar-refractivity contribution in [2.45, 2.75) is 43.2 Å². The van der Waals surface area contributed by atoms with Crippen molar-refractivity contribution in [3.8, 4) is 0 Å². The van der Waals surface area contributed by atoms with Gasteiger partial charge in [0.15, 0.2) is 0 Å². The third-order valence-corrected chi connectivity index (χ3v) is 4.94. The predicted octanol–water partition coefficient (Wildman–Crippen LogP) is 0.942. The van der Waals surface area contributed by atoms with Gasteiger partial charge >= 0.3 is 0 Å². The maximum Gasteiger partial charge on any atom is 0.243 e. The zero-order chi connectivity index (χ0) is 15.6. The average molecular weight is 315 g/mol. The summed E-state index contributed by atoms with van der Waals surface area (Å²) >= 11 is 0. The summed E-state index contributed by atoms with van der Waals surface area (Å²) in [6, 6.07) is 2.83. The van der Waals surface area contributed by atoms with E-state index in [0.717, 1.165) is 25.0 Å². The number of amides is 1. The summed E-state index contributed by atoms with van der Waals surface area (Å²) in [6.45, 7) is 1.28. The molecule has 1 fully saturated rings. The van der Waals surface area contributed by atoms with Crippen molar-refractivity contribution >= 4 is 21.6 Å². The smallest absolute Gasteiger partial charge is 0.243 e. The Morgan fingerprint density at radius 3 is 2.62 bits per heavy atom. The van der Waals surface area contributed by atoms with Crippen LogP contribution in [0.25, 0.3) is 0 Å². The zero-order valence-corrected chi connectivity index (χ0v) is 12.4. The Morgan fingerprint density at radius 2 is 2.10 bits per heavy atom. The van der Waals surface area contributed by atoms with Crippen LogP contribution in [0.15, 0.2) is 23.1 Å². The summed E-state index contributed by atoms with van der Waals surface area (Å²) in [5.74, 6) is -1.28. The second-order valence-electron chi connectivity index (χ2n) is 5.15. The van der Waals surface area contributed by atoms with E-state index in [1.165, 1.54) is 13.0 Å². The first-order valence-corrected chi connectivity index (χ1v) is 8.13. The molecular formula is C13H18FN3O3S. The third kappa shape index (κ3) is 3.78. The number of sulfonamides is 1. The van der Waals surface area contributed by atoms with Gasteiger partial charge in [0.05, 0.1) is 0 Å². The highest BCUT2D eigenvalue weighted by molar-refractivity contribution is 7.89. The van der Waals surface area contributed by atoms with Crippen LogP contribution >= 0.6 is 0 Å². The largest absolute Gasteiger partial charge is 0.326 e. The number of rotatable bonds is 4. The van der Waals surface area contributed by atoms with Gasteiger partial charge in [-0.15, -0.1) is 0 Å². The Balaban J connectivity index is 2.21. The summed E-state index contributed by atoms with van der Waals surface area (Å²) in [4.78, 5) is 10.4. The topological polar surface area (TPSA) is 101 Å². The molecule has 8 heteroatoms. The van der Waals surface area contributed by atoms with Gasteiger partial charge in [0.2, 0.25) is 15.9 Å². The lowest BCUT2D eigenvalue weighted by Gasteiger charge is -2.17. The van der Waals surface area contributed by atoms with E-state index in [4.69, 9.17) is 5.73 Å². The van der Waals surface area contributed by atoms with Gasteiger partial charge in [0.25, 0.3) is 0 Å². The van der Waals surface area contributed by atoms with Crippen molar-refractivity contribution in [2.75, 3.05) is 5.32 Å². The molecule has 0 spiro atoms. The highest BCUT2D eigenvalue weighted by atomic mass is 32.2. The summed E-state index contributed by atoms with van der Waals surface area (Å²) in [5, 5.41) is 2.39. The number of hydrogen-bond donors (Lipinski definition) is 3. The van der Waals surface area contributed by atoms with E-state index in [-0.39, 0.29) is 23.7 Å². The minimum atomic E-state index is -3.97. The SMILES string of the molecule is CC(=O)Nc1ccc(S(=O)(=O)NC2CCCC2N)c(F)c1. The quantitative estimate of drug-likeness (QED) is 0.769. The van der Waals surface area contributed by atoms with Crippen LogP contribution in [0.5, 0.6) is 0 Å². The van der Waals surface area contributed by atoms with Gasteiger partial charge < -0.3 is 11.1 Å². The number of halogens is 1. The molecule has 0 aromatic heterocycles. The van der Waals surface area contributed by atoms with Crippen LogP contribution in [-0.2, 0) is 14.8 Å². The molecule has 6 nitrogen and oxygen atoms in total. The van der Waals surface area contributed by atoms with Crippen LogP contribution in [0.1, 0.15) is 26.2 Å². The van der Waals surface area contributed by atoms with Crippen LogP contribution < -0.4 is 15.8 Å². The number of anilines is 1. The fourth-order valence-corrected chi connectivity index (χ4v) is 3.78. The van der Waals surface area contributed by atoms with Crippen LogP contribution in [0.4, 0.5) is 10.1 Å². The second kappa shape index (κ2) is 6.08. The second-order valence-corrected chi connectivity index (χ2v) is 6.83. The number of nitrogens with one attached hydrogen (secondary N) is 2. The average Bonchev–Trinajstić information content (AvgIpc) is 2.73. The molecule has 21 heavy (non-hydrogen) atoms. The molecule has 0 saturated heterocycles. The van der Waals surface area contributed by atoms with Crippen molar-refractivity contribution in [3.63, 3.8) is 0 Å². The van der Waals surface area contributed by atoms with E-state index in [1.807, 2.05) is 0 Å². The van der Waals surface area contributed by atoms with Gasteiger partial charge in [0.1, 0.15) is 10.7 Å². The lowest BCUT2D eigenvalue weighted by Crippen LogP contribution is -2.44. The van der Waals surface area contributed by atoms with Gasteiger partial charge in [0, 0.05) is 24.7 Å². The van der Waals surface area contributed by atoms with Gasteiger partial charge in [-0.25, -0.2) is 17.5 Å². The Kier molecular flexibility index (Phi) is 4.60. The molecule has 1 aliphatic rings. The van der Waals surface area contributed by atoms with Crippen molar-refractivity contribution in [2.24, 2.45) is 5.73 Å². The Hall–Kier alpha value is -1.51. The molecule has 116 valence electrons. The van der Waals surface area contributed by atoms with Gasteiger partial charge in [-0.05, 0) is 31.0 Å². The maximum absolute atomic E-state index is 14.0. The molecule has 0 bridgehead atoms. The van der Waals surface area contributed by atoms with Crippen LogP contribution in [0, 0.1) is 5.82 Å². The van der Waals surface area contributed by atoms with Crippen LogP contribution in [-0.4, -0.2) is 26.4 Å². The number of hydrogen-bond acceptors (Lipinski definition) is 4. The number of carbonyl (C=O) groups is 1. The molecule has 2 unspecified atom stereocenters. The highest BCUT2D eigenvalue weighted by Gasteiger charge is 2.30. The molecular weight excluding hydrogens is 297 g/mol. The minimum Gasteiger partial charge on any atom is -0.326 e. The van der Waals surface area contributed by atoms with Gasteiger partial charge in [-0.1, -0.05) is 6.42 Å². The molecule has 2 atom stereocenters. The summed E-state index contributed by atoms with van der Waals surface area (Å²) in [6.07, 6.45) is 2.24. The monoisotopic (exact) mass is 315 g/mol. The first-order chi connectivity index (χ1) is 9.79. The molecule has 1 saturated carbocycles. The molecule has 0 heterocycles. The molecule has 0 aliphatic heterocycles. The molecule has 1 aromatic rings. The Bertz CT molecular complexity index is 648. The third-order valence-electron chi connectivity index (χ3n) is 3.42.